The molecule has 144 valence electrons. The fourth-order valence-electron chi connectivity index (χ4n) is 1.91. The quantitative estimate of drug-likeness (QED) is 0.300. The van der Waals surface area contributed by atoms with Crippen molar-refractivity contribution in [3.63, 3.8) is 0 Å². The van der Waals surface area contributed by atoms with Gasteiger partial charge >= 0.3 is 0 Å². The maximum atomic E-state index is 9.45. The van der Waals surface area contributed by atoms with Crippen LogP contribution in [0.25, 0.3) is 0 Å². The van der Waals surface area contributed by atoms with Gasteiger partial charge in [-0.15, -0.1) is 0 Å². The van der Waals surface area contributed by atoms with Gasteiger partial charge in [-0.3, -0.25) is 0 Å². The van der Waals surface area contributed by atoms with Gasteiger partial charge in [0.2, 0.25) is 0 Å². The van der Waals surface area contributed by atoms with Crippen LogP contribution in [0.3, 0.4) is 0 Å². The molecule has 2 unspecified atom stereocenters. The summed E-state index contributed by atoms with van der Waals surface area (Å²) in [6, 6.07) is 0. The fraction of sp³-hybridized carbons (Fsp3) is 0.882. The molecular weight excluding hydrogens is 340 g/mol. The molecule has 0 spiro atoms. The van der Waals surface area contributed by atoms with Crippen LogP contribution in [0.1, 0.15) is 20.3 Å². The number of hydrogen-bond donors (Lipinski definition) is 1. The summed E-state index contributed by atoms with van der Waals surface area (Å²) in [6.07, 6.45) is -0.131. The highest BCUT2D eigenvalue weighted by Gasteiger charge is 2.33. The van der Waals surface area contributed by atoms with Crippen molar-refractivity contribution < 1.29 is 23.4 Å². The van der Waals surface area contributed by atoms with E-state index < -0.39 is 16.6 Å². The second-order valence-electron chi connectivity index (χ2n) is 8.18. The third-order valence-electron chi connectivity index (χ3n) is 2.91. The number of aliphatic hydroxyl groups excluding tert-OH is 1. The molecule has 0 aromatic rings. The van der Waals surface area contributed by atoms with Crippen LogP contribution in [0, 0.1) is 0 Å². The summed E-state index contributed by atoms with van der Waals surface area (Å²) in [6.45, 7) is 21.3. The maximum Gasteiger partial charge on any atom is 0.187 e. The number of aliphatic hydroxyl groups is 1. The lowest BCUT2D eigenvalue weighted by Gasteiger charge is -2.36. The van der Waals surface area contributed by atoms with E-state index in [0.29, 0.717) is 13.2 Å². The zero-order chi connectivity index (χ0) is 19.0. The predicted octanol–water partition coefficient (Wildman–Crippen LogP) is 3.76. The Morgan fingerprint density at radius 3 is 1.83 bits per heavy atom. The van der Waals surface area contributed by atoms with Crippen molar-refractivity contribution in [3.05, 3.63) is 12.2 Å². The Hall–Kier alpha value is -0.0262. The van der Waals surface area contributed by atoms with Crippen LogP contribution < -0.4 is 0 Å². The molecule has 0 bridgehead atoms. The molecule has 0 amide bonds. The van der Waals surface area contributed by atoms with Crippen molar-refractivity contribution in [3.8, 4) is 0 Å². The van der Waals surface area contributed by atoms with Crippen LogP contribution >= 0.6 is 0 Å². The monoisotopic (exact) mass is 378 g/mol. The van der Waals surface area contributed by atoms with Crippen LogP contribution in [-0.4, -0.2) is 60.1 Å². The van der Waals surface area contributed by atoms with E-state index in [0.717, 1.165) is 12.0 Å². The van der Waals surface area contributed by atoms with E-state index in [2.05, 4.69) is 52.8 Å². The first-order valence-electron chi connectivity index (χ1n) is 8.72. The molecule has 24 heavy (non-hydrogen) atoms. The summed E-state index contributed by atoms with van der Waals surface area (Å²) in [5.41, 5.74) is 0.919. The number of rotatable bonds is 13. The molecule has 0 aliphatic carbocycles. The van der Waals surface area contributed by atoms with Gasteiger partial charge in [0.15, 0.2) is 22.9 Å². The van der Waals surface area contributed by atoms with Gasteiger partial charge in [-0.1, -0.05) is 19.1 Å². The van der Waals surface area contributed by atoms with Crippen LogP contribution in [0.5, 0.6) is 0 Å². The fourth-order valence-corrected chi connectivity index (χ4v) is 3.80. The lowest BCUT2D eigenvalue weighted by molar-refractivity contribution is -0.145. The second-order valence-corrected chi connectivity index (χ2v) is 17.1. The zero-order valence-corrected chi connectivity index (χ0v) is 18.8. The van der Waals surface area contributed by atoms with Crippen molar-refractivity contribution in [1.82, 2.24) is 0 Å². The Morgan fingerprint density at radius 1 is 1.00 bits per heavy atom. The first kappa shape index (κ1) is 24.0. The third kappa shape index (κ3) is 12.4. The summed E-state index contributed by atoms with van der Waals surface area (Å²) in [5, 5.41) is 9.45. The lowest BCUT2D eigenvalue weighted by atomic mass is 10.2. The first-order valence-corrected chi connectivity index (χ1v) is 15.5. The van der Waals surface area contributed by atoms with E-state index in [1.807, 2.05) is 6.92 Å². The SMILES string of the molecule is C=C(C)COC(CO)COC(CC)C(O[Si](C)(C)C)O[Si](C)(C)C. The van der Waals surface area contributed by atoms with Gasteiger partial charge in [0, 0.05) is 0 Å². The molecule has 7 heteroatoms. The predicted molar refractivity (Wildman–Crippen MR) is 104 cm³/mol. The van der Waals surface area contributed by atoms with Crippen LogP contribution in [0.4, 0.5) is 0 Å². The molecule has 5 nitrogen and oxygen atoms in total. The van der Waals surface area contributed by atoms with Crippen molar-refractivity contribution in [2.45, 2.75) is 78.0 Å². The second kappa shape index (κ2) is 10.9. The summed E-state index contributed by atoms with van der Waals surface area (Å²) in [7, 11) is -3.54. The molecule has 0 aliphatic rings. The van der Waals surface area contributed by atoms with Crippen molar-refractivity contribution in [1.29, 1.82) is 0 Å². The summed E-state index contributed by atoms with van der Waals surface area (Å²) in [5.74, 6) is 0. The van der Waals surface area contributed by atoms with Gasteiger partial charge in [0.25, 0.3) is 0 Å². The molecule has 0 radical (unpaired) electrons. The van der Waals surface area contributed by atoms with E-state index in [1.54, 1.807) is 0 Å². The standard InChI is InChI=1S/C17H38O5Si2/c1-10-16(20-13-15(11-18)19-12-14(2)3)17(21-23(4,5)6)22-24(7,8)9/h15-18H,2,10-13H2,1,3-9H3. The number of ether oxygens (including phenoxy) is 2. The van der Waals surface area contributed by atoms with E-state index in [-0.39, 0.29) is 25.1 Å². The normalized spacial score (nSPS) is 15.6. The van der Waals surface area contributed by atoms with Gasteiger partial charge in [-0.25, -0.2) is 0 Å². The molecule has 1 N–H and O–H groups in total. The maximum absolute atomic E-state index is 9.45. The molecule has 0 rings (SSSR count). The van der Waals surface area contributed by atoms with E-state index >= 15 is 0 Å². The number of hydrogen-bond acceptors (Lipinski definition) is 5. The van der Waals surface area contributed by atoms with Crippen LogP contribution in [0.15, 0.2) is 12.2 Å². The highest BCUT2D eigenvalue weighted by molar-refractivity contribution is 6.70. The molecule has 0 aliphatic heterocycles. The molecule has 0 aromatic carbocycles. The van der Waals surface area contributed by atoms with Gasteiger partial charge in [0.1, 0.15) is 12.2 Å². The van der Waals surface area contributed by atoms with E-state index in [1.165, 1.54) is 0 Å². The molecule has 0 aromatic heterocycles. The molecule has 2 atom stereocenters. The molecule has 0 saturated carbocycles. The Bertz CT molecular complexity index is 347. The molecule has 0 saturated heterocycles. The van der Waals surface area contributed by atoms with E-state index in [9.17, 15) is 5.11 Å². The minimum Gasteiger partial charge on any atom is -0.394 e. The summed E-state index contributed by atoms with van der Waals surface area (Å²) >= 11 is 0. The first-order chi connectivity index (χ1) is 10.9. The molecule has 0 heterocycles. The summed E-state index contributed by atoms with van der Waals surface area (Å²) in [4.78, 5) is 0. The van der Waals surface area contributed by atoms with Gasteiger partial charge < -0.3 is 23.4 Å². The van der Waals surface area contributed by atoms with Gasteiger partial charge in [-0.05, 0) is 52.6 Å². The van der Waals surface area contributed by atoms with Crippen molar-refractivity contribution in [2.75, 3.05) is 19.8 Å². The highest BCUT2D eigenvalue weighted by atomic mass is 28.4. The molecule has 0 fully saturated rings. The largest absolute Gasteiger partial charge is 0.394 e. The Morgan fingerprint density at radius 2 is 1.50 bits per heavy atom. The average Bonchev–Trinajstić information content (AvgIpc) is 2.38. The topological polar surface area (TPSA) is 57.2 Å². The highest BCUT2D eigenvalue weighted by Crippen LogP contribution is 2.20. The van der Waals surface area contributed by atoms with Crippen molar-refractivity contribution >= 4 is 16.6 Å². The average molecular weight is 379 g/mol. The Labute approximate surface area is 150 Å². The Kier molecular flexibility index (Phi) is 10.8. The van der Waals surface area contributed by atoms with Crippen LogP contribution in [-0.2, 0) is 18.3 Å². The molecular formula is C17H38O5Si2. The third-order valence-corrected chi connectivity index (χ3v) is 4.79. The smallest absolute Gasteiger partial charge is 0.187 e. The van der Waals surface area contributed by atoms with Crippen molar-refractivity contribution in [2.24, 2.45) is 0 Å². The minimum atomic E-state index is -1.77. The van der Waals surface area contributed by atoms with Gasteiger partial charge in [0.05, 0.1) is 19.8 Å². The minimum absolute atomic E-state index is 0.0852. The van der Waals surface area contributed by atoms with E-state index in [4.69, 9.17) is 18.3 Å². The summed E-state index contributed by atoms with van der Waals surface area (Å²) < 4.78 is 24.1. The zero-order valence-electron chi connectivity index (χ0n) is 16.8. The van der Waals surface area contributed by atoms with Gasteiger partial charge in [-0.2, -0.15) is 0 Å². The lowest BCUT2D eigenvalue weighted by Crippen LogP contribution is -2.47. The Balaban J connectivity index is 4.83. The van der Waals surface area contributed by atoms with Crippen LogP contribution in [0.2, 0.25) is 39.3 Å².